The van der Waals surface area contributed by atoms with Crippen LogP contribution in [0.4, 0.5) is 0 Å². The third-order valence-electron chi connectivity index (χ3n) is 8.68. The van der Waals surface area contributed by atoms with Crippen molar-refractivity contribution in [1.29, 1.82) is 0 Å². The third kappa shape index (κ3) is 3.05. The fourth-order valence-corrected chi connectivity index (χ4v) is 6.79. The van der Waals surface area contributed by atoms with Crippen molar-refractivity contribution in [2.45, 2.75) is 19.3 Å². The molecule has 4 nitrogen and oxygen atoms in total. The molecule has 0 saturated carbocycles. The van der Waals surface area contributed by atoms with Crippen LogP contribution in [0, 0.1) is 0 Å². The number of hydrogen-bond donors (Lipinski definition) is 0. The van der Waals surface area contributed by atoms with Crippen LogP contribution in [0.1, 0.15) is 25.0 Å². The van der Waals surface area contributed by atoms with Crippen LogP contribution >= 0.6 is 0 Å². The van der Waals surface area contributed by atoms with Gasteiger partial charge in [0.1, 0.15) is 28.0 Å². The van der Waals surface area contributed by atoms with Crippen molar-refractivity contribution in [3.63, 3.8) is 0 Å². The molecule has 9 rings (SSSR count). The Hall–Kier alpha value is -5.22. The Kier molecular flexibility index (Phi) is 4.36. The molecular weight excluding hydrogens is 504 g/mol. The summed E-state index contributed by atoms with van der Waals surface area (Å²) in [7, 11) is 0. The molecule has 8 aromatic rings. The zero-order valence-corrected chi connectivity index (χ0v) is 22.6. The maximum atomic E-state index is 6.31. The van der Waals surface area contributed by atoms with Crippen LogP contribution in [0.25, 0.3) is 77.8 Å². The number of nitrogens with zero attached hydrogens (tertiary/aromatic N) is 2. The molecule has 1 aliphatic carbocycles. The van der Waals surface area contributed by atoms with Crippen LogP contribution in [0.2, 0.25) is 0 Å². The van der Waals surface area contributed by atoms with Crippen molar-refractivity contribution in [2.24, 2.45) is 0 Å². The van der Waals surface area contributed by atoms with Crippen LogP contribution < -0.4 is 0 Å². The number of fused-ring (bicyclic) bond motifs is 10. The van der Waals surface area contributed by atoms with E-state index in [9.17, 15) is 0 Å². The first-order valence-corrected chi connectivity index (χ1v) is 13.9. The van der Waals surface area contributed by atoms with E-state index in [2.05, 4.69) is 74.5 Å². The number of rotatable bonds is 2. The van der Waals surface area contributed by atoms with E-state index in [0.717, 1.165) is 49.9 Å². The number of aromatic nitrogens is 2. The molecule has 0 unspecified atom stereocenters. The first-order valence-electron chi connectivity index (χ1n) is 13.9. The lowest BCUT2D eigenvalue weighted by atomic mass is 9.80. The fraction of sp³-hybridized carbons (Fsp3) is 0.0811. The summed E-state index contributed by atoms with van der Waals surface area (Å²) in [5.41, 5.74) is 11.9. The van der Waals surface area contributed by atoms with Crippen molar-refractivity contribution in [1.82, 2.24) is 9.97 Å². The van der Waals surface area contributed by atoms with Gasteiger partial charge in [-0.3, -0.25) is 0 Å². The number of furan rings is 2. The third-order valence-corrected chi connectivity index (χ3v) is 8.68. The van der Waals surface area contributed by atoms with Gasteiger partial charge in [0, 0.05) is 32.7 Å². The van der Waals surface area contributed by atoms with E-state index in [4.69, 9.17) is 18.8 Å². The summed E-state index contributed by atoms with van der Waals surface area (Å²) in [5, 5.41) is 3.36. The summed E-state index contributed by atoms with van der Waals surface area (Å²) in [6.45, 7) is 4.62. The molecule has 194 valence electrons. The van der Waals surface area contributed by atoms with E-state index in [1.165, 1.54) is 27.6 Å². The second-order valence-electron chi connectivity index (χ2n) is 11.4. The normalized spacial score (nSPS) is 13.8. The minimum absolute atomic E-state index is 0.184. The predicted octanol–water partition coefficient (Wildman–Crippen LogP) is 9.92. The van der Waals surface area contributed by atoms with E-state index in [0.29, 0.717) is 11.4 Å². The average molecular weight is 529 g/mol. The molecule has 1 aliphatic rings. The van der Waals surface area contributed by atoms with Crippen molar-refractivity contribution in [2.75, 3.05) is 0 Å². The van der Waals surface area contributed by atoms with Crippen molar-refractivity contribution < 1.29 is 8.83 Å². The van der Waals surface area contributed by atoms with Gasteiger partial charge in [0.25, 0.3) is 0 Å². The highest BCUT2D eigenvalue weighted by Gasteiger charge is 2.38. The fourth-order valence-electron chi connectivity index (χ4n) is 6.79. The van der Waals surface area contributed by atoms with Gasteiger partial charge in [-0.05, 0) is 52.6 Å². The van der Waals surface area contributed by atoms with Gasteiger partial charge in [-0.15, -0.1) is 0 Å². The van der Waals surface area contributed by atoms with Crippen LogP contribution in [0.15, 0.2) is 118 Å². The molecule has 5 aromatic carbocycles. The lowest BCUT2D eigenvalue weighted by Gasteiger charge is -2.22. The van der Waals surface area contributed by atoms with Crippen LogP contribution in [0.5, 0.6) is 0 Å². The van der Waals surface area contributed by atoms with Crippen LogP contribution in [-0.2, 0) is 5.41 Å². The number of hydrogen-bond acceptors (Lipinski definition) is 4. The smallest absolute Gasteiger partial charge is 0.180 e. The molecule has 0 atom stereocenters. The lowest BCUT2D eigenvalue weighted by Crippen LogP contribution is -2.15. The van der Waals surface area contributed by atoms with Gasteiger partial charge < -0.3 is 8.83 Å². The molecule has 4 heteroatoms. The zero-order chi connectivity index (χ0) is 27.3. The van der Waals surface area contributed by atoms with Gasteiger partial charge >= 0.3 is 0 Å². The lowest BCUT2D eigenvalue weighted by molar-refractivity contribution is 0.657. The minimum Gasteiger partial charge on any atom is -0.456 e. The predicted molar refractivity (Wildman–Crippen MR) is 165 cm³/mol. The first-order chi connectivity index (χ1) is 20.1. The van der Waals surface area contributed by atoms with E-state index in [-0.39, 0.29) is 5.41 Å². The molecule has 0 amide bonds. The molecule has 0 fully saturated rings. The number of para-hydroxylation sites is 2. The summed E-state index contributed by atoms with van der Waals surface area (Å²) in [6, 6.07) is 37.6. The average Bonchev–Trinajstić information content (AvgIpc) is 3.65. The highest BCUT2D eigenvalue weighted by atomic mass is 16.3. The van der Waals surface area contributed by atoms with E-state index >= 15 is 0 Å². The maximum absolute atomic E-state index is 6.31. The summed E-state index contributed by atoms with van der Waals surface area (Å²) < 4.78 is 12.6. The van der Waals surface area contributed by atoms with E-state index in [1.54, 1.807) is 0 Å². The Morgan fingerprint density at radius 2 is 1.32 bits per heavy atom. The van der Waals surface area contributed by atoms with Crippen LogP contribution in [0.3, 0.4) is 0 Å². The van der Waals surface area contributed by atoms with Crippen molar-refractivity contribution in [3.8, 4) is 33.8 Å². The van der Waals surface area contributed by atoms with Gasteiger partial charge in [-0.25, -0.2) is 9.97 Å². The minimum atomic E-state index is -0.184. The molecule has 0 N–H and O–H groups in total. The molecule has 0 saturated heterocycles. The highest BCUT2D eigenvalue weighted by Crippen LogP contribution is 2.53. The monoisotopic (exact) mass is 528 g/mol. The second-order valence-corrected chi connectivity index (χ2v) is 11.4. The Morgan fingerprint density at radius 3 is 2.15 bits per heavy atom. The summed E-state index contributed by atoms with van der Waals surface area (Å²) in [5.74, 6) is 0.687. The largest absolute Gasteiger partial charge is 0.456 e. The van der Waals surface area contributed by atoms with E-state index < -0.39 is 0 Å². The maximum Gasteiger partial charge on any atom is 0.180 e. The Morgan fingerprint density at radius 1 is 0.585 bits per heavy atom. The van der Waals surface area contributed by atoms with Gasteiger partial charge in [0.15, 0.2) is 11.4 Å². The Labute approximate surface area is 235 Å². The SMILES string of the molecule is CC1(C)c2ccc(-c3nc(-c4ccccc4)c4oc5ccccc5c4n3)cc2-c2ccc3oc4ccccc4c3c21. The molecule has 0 bridgehead atoms. The van der Waals surface area contributed by atoms with Gasteiger partial charge in [0.05, 0.1) is 0 Å². The zero-order valence-electron chi connectivity index (χ0n) is 22.6. The second kappa shape index (κ2) is 7.92. The molecule has 0 aliphatic heterocycles. The Bertz CT molecular complexity index is 2340. The van der Waals surface area contributed by atoms with Crippen LogP contribution in [-0.4, -0.2) is 9.97 Å². The molecule has 0 spiro atoms. The molecule has 41 heavy (non-hydrogen) atoms. The quantitative estimate of drug-likeness (QED) is 0.224. The number of benzene rings is 5. The molecule has 0 radical (unpaired) electrons. The summed E-state index contributed by atoms with van der Waals surface area (Å²) in [6.07, 6.45) is 0. The van der Waals surface area contributed by atoms with E-state index in [1.807, 2.05) is 48.5 Å². The Balaban J connectivity index is 1.31. The highest BCUT2D eigenvalue weighted by molar-refractivity contribution is 6.11. The van der Waals surface area contributed by atoms with Gasteiger partial charge in [-0.1, -0.05) is 92.7 Å². The van der Waals surface area contributed by atoms with Gasteiger partial charge in [0.2, 0.25) is 0 Å². The van der Waals surface area contributed by atoms with Crippen molar-refractivity contribution >= 4 is 44.0 Å². The summed E-state index contributed by atoms with van der Waals surface area (Å²) in [4.78, 5) is 10.2. The standard InChI is InChI=1S/C37H24N2O2/c1-37(2)27-18-16-22(20-26(27)23-17-19-30-31(32(23)37)24-12-6-8-14-28(24)40-30)36-38-33(21-10-4-3-5-11-21)35-34(39-36)25-13-7-9-15-29(25)41-35/h3-20H,1-2H3. The molecule has 3 heterocycles. The topological polar surface area (TPSA) is 52.1 Å². The van der Waals surface area contributed by atoms with Gasteiger partial charge in [-0.2, -0.15) is 0 Å². The molecule has 3 aromatic heterocycles. The summed E-state index contributed by atoms with van der Waals surface area (Å²) >= 11 is 0. The van der Waals surface area contributed by atoms with Crippen molar-refractivity contribution in [3.05, 3.63) is 120 Å². The first kappa shape index (κ1) is 22.6. The molecular formula is C37H24N2O2.